The number of hydrogen-bond acceptors (Lipinski definition) is 2. The first-order valence-electron chi connectivity index (χ1n) is 24.3. The summed E-state index contributed by atoms with van der Waals surface area (Å²) in [6.45, 7) is 0. The van der Waals surface area contributed by atoms with Crippen LogP contribution in [0.15, 0.2) is 200 Å². The molecule has 6 atom stereocenters. The van der Waals surface area contributed by atoms with Gasteiger partial charge in [0, 0.05) is 48.6 Å². The highest BCUT2D eigenvalue weighted by Gasteiger charge is 2.70. The summed E-state index contributed by atoms with van der Waals surface area (Å²) in [4.78, 5) is 2.55. The predicted molar refractivity (Wildman–Crippen MR) is 280 cm³/mol. The van der Waals surface area contributed by atoms with Crippen LogP contribution >= 0.6 is 11.3 Å². The van der Waals surface area contributed by atoms with Gasteiger partial charge in [-0.1, -0.05) is 158 Å². The Hall–Kier alpha value is -7.18. The van der Waals surface area contributed by atoms with E-state index >= 15 is 0 Å². The normalized spacial score (nSPS) is 23.3. The average Bonchev–Trinajstić information content (AvgIpc) is 4.09. The van der Waals surface area contributed by atoms with Crippen molar-refractivity contribution in [3.8, 4) is 34.6 Å². The van der Waals surface area contributed by atoms with Gasteiger partial charge < -0.3 is 4.90 Å². The lowest BCUT2D eigenvalue weighted by Gasteiger charge is -2.50. The summed E-state index contributed by atoms with van der Waals surface area (Å²) in [6, 6.07) is 77.0. The molecule has 0 amide bonds. The van der Waals surface area contributed by atoms with E-state index in [1.807, 2.05) is 11.3 Å². The van der Waals surface area contributed by atoms with E-state index < -0.39 is 5.41 Å². The Bertz CT molecular complexity index is 3690. The zero-order chi connectivity index (χ0) is 44.0. The Morgan fingerprint density at radius 1 is 0.478 bits per heavy atom. The molecule has 0 aliphatic heterocycles. The van der Waals surface area contributed by atoms with Crippen LogP contribution < -0.4 is 4.90 Å². The molecule has 2 bridgehead atoms. The van der Waals surface area contributed by atoms with Crippen molar-refractivity contribution < 1.29 is 0 Å². The number of nitrogens with zero attached hydrogens (tertiary/aromatic N) is 1. The van der Waals surface area contributed by atoms with E-state index in [-0.39, 0.29) is 5.41 Å². The lowest BCUT2D eigenvalue weighted by atomic mass is 9.53. The SMILES string of the molecule is C#C[C@H]1C[C@@H]2C[C@@H]3C[C@H](C1)C21c2ccc(N(c4cccc(-c5cccc6c5sc5ccccc56)c4)c4ccc5ccccc5c4)cc2C2(c4ccccc4-c4ccccc42)c2ccccc2C31. The summed E-state index contributed by atoms with van der Waals surface area (Å²) in [5.41, 5.74) is 17.0. The Morgan fingerprint density at radius 3 is 1.91 bits per heavy atom. The van der Waals surface area contributed by atoms with Gasteiger partial charge in [-0.3, -0.25) is 0 Å². The minimum atomic E-state index is -0.512. The third-order valence-corrected chi connectivity index (χ3v) is 18.7. The molecule has 2 spiro atoms. The van der Waals surface area contributed by atoms with Crippen molar-refractivity contribution in [3.05, 3.63) is 234 Å². The Balaban J connectivity index is 1.03. The maximum absolute atomic E-state index is 6.37. The molecule has 1 nitrogen and oxygen atoms in total. The molecule has 2 unspecified atom stereocenters. The second kappa shape index (κ2) is 13.9. The number of terminal acetylenes is 1. The van der Waals surface area contributed by atoms with Crippen LogP contribution in [0.1, 0.15) is 65.0 Å². The van der Waals surface area contributed by atoms with E-state index in [2.05, 4.69) is 211 Å². The van der Waals surface area contributed by atoms with E-state index in [1.54, 1.807) is 11.1 Å². The van der Waals surface area contributed by atoms with Gasteiger partial charge in [0.2, 0.25) is 0 Å². The van der Waals surface area contributed by atoms with Crippen molar-refractivity contribution in [2.45, 2.75) is 42.4 Å². The molecule has 9 aromatic carbocycles. The van der Waals surface area contributed by atoms with Gasteiger partial charge >= 0.3 is 0 Å². The zero-order valence-electron chi connectivity index (χ0n) is 37.2. The zero-order valence-corrected chi connectivity index (χ0v) is 38.0. The Labute approximate surface area is 396 Å². The molecule has 3 fully saturated rings. The van der Waals surface area contributed by atoms with Gasteiger partial charge in [0.1, 0.15) is 0 Å². The van der Waals surface area contributed by atoms with Crippen LogP contribution in [-0.2, 0) is 10.8 Å². The van der Waals surface area contributed by atoms with Crippen LogP contribution in [0.3, 0.4) is 0 Å². The molecule has 3 saturated carbocycles. The minimum Gasteiger partial charge on any atom is -0.310 e. The summed E-state index contributed by atoms with van der Waals surface area (Å²) in [6.07, 6.45) is 11.1. The fourth-order valence-corrected chi connectivity index (χ4v) is 16.6. The molecule has 1 aromatic heterocycles. The minimum absolute atomic E-state index is 0.00852. The largest absolute Gasteiger partial charge is 0.310 e. The molecule has 1 heterocycles. The van der Waals surface area contributed by atoms with Crippen LogP contribution in [0, 0.1) is 36.0 Å². The molecule has 2 heteroatoms. The van der Waals surface area contributed by atoms with Gasteiger partial charge in [0.05, 0.1) is 5.41 Å². The number of fused-ring (bicyclic) bond motifs is 13. The Kier molecular flexibility index (Phi) is 7.90. The van der Waals surface area contributed by atoms with Crippen molar-refractivity contribution in [1.82, 2.24) is 0 Å². The van der Waals surface area contributed by atoms with Crippen LogP contribution in [0.25, 0.3) is 53.2 Å². The highest BCUT2D eigenvalue weighted by Crippen LogP contribution is 2.77. The lowest BCUT2D eigenvalue weighted by molar-refractivity contribution is 0.0947. The summed E-state index contributed by atoms with van der Waals surface area (Å²) in [5, 5.41) is 5.12. The van der Waals surface area contributed by atoms with Crippen LogP contribution in [0.5, 0.6) is 0 Å². The van der Waals surface area contributed by atoms with Gasteiger partial charge in [-0.05, 0) is 158 Å². The molecule has 0 radical (unpaired) electrons. The number of benzene rings is 9. The number of thiophene rings is 1. The molecule has 5 aliphatic rings. The molecule has 0 saturated heterocycles. The number of anilines is 3. The Morgan fingerprint density at radius 2 is 1.10 bits per heavy atom. The molecule has 0 N–H and O–H groups in total. The number of rotatable bonds is 4. The first-order valence-corrected chi connectivity index (χ1v) is 25.2. The molecular weight excluding hydrogens is 827 g/mol. The maximum Gasteiger partial charge on any atom is 0.0719 e. The third-order valence-electron chi connectivity index (χ3n) is 17.5. The van der Waals surface area contributed by atoms with Crippen molar-refractivity contribution in [2.24, 2.45) is 23.7 Å². The second-order valence-corrected chi connectivity index (χ2v) is 21.3. The fraction of sp³-hybridized carbons (Fsp3) is 0.169. The molecule has 67 heavy (non-hydrogen) atoms. The monoisotopic (exact) mass is 873 g/mol. The van der Waals surface area contributed by atoms with Crippen LogP contribution in [-0.4, -0.2) is 0 Å². The smallest absolute Gasteiger partial charge is 0.0719 e. The first kappa shape index (κ1) is 38.0. The highest BCUT2D eigenvalue weighted by molar-refractivity contribution is 7.26. The molecular formula is C65H47NS. The molecule has 15 rings (SSSR count). The summed E-state index contributed by atoms with van der Waals surface area (Å²) < 4.78 is 2.66. The van der Waals surface area contributed by atoms with Crippen molar-refractivity contribution >= 4 is 59.3 Å². The van der Waals surface area contributed by atoms with E-state index in [9.17, 15) is 0 Å². The topological polar surface area (TPSA) is 3.24 Å². The summed E-state index contributed by atoms with van der Waals surface area (Å²) in [7, 11) is 0. The van der Waals surface area contributed by atoms with E-state index in [0.29, 0.717) is 29.6 Å². The maximum atomic E-state index is 6.37. The van der Waals surface area contributed by atoms with Gasteiger partial charge in [-0.15, -0.1) is 23.7 Å². The van der Waals surface area contributed by atoms with Gasteiger partial charge in [-0.2, -0.15) is 0 Å². The highest BCUT2D eigenvalue weighted by atomic mass is 32.1. The van der Waals surface area contributed by atoms with Crippen LogP contribution in [0.4, 0.5) is 17.1 Å². The standard InChI is InChI=1S/C65H47NS/c1-2-40-33-45-35-44-36-46(34-40)64(45)59-32-31-49(39-60(59)65(58-27-11-7-22-55(58)62(44)64)56-25-9-5-19-51(56)52-20-6-10-26-57(52)65)66(48-30-29-41-15-3-4-16-42(41)37-48)47-18-13-17-43(38-47)50-23-14-24-54-53-21-8-12-28-61(53)67-63(50)54/h1,3-32,37-40,44-46,62H,33-36H2/t40-,44+,45+,46-,62?,64?. The van der Waals surface area contributed by atoms with E-state index in [0.717, 1.165) is 24.2 Å². The molecule has 5 aliphatic carbocycles. The number of hydrogen-bond donors (Lipinski definition) is 0. The first-order chi connectivity index (χ1) is 33.1. The van der Waals surface area contributed by atoms with E-state index in [1.165, 1.54) is 94.0 Å². The lowest BCUT2D eigenvalue weighted by Crippen LogP contribution is -2.46. The summed E-state index contributed by atoms with van der Waals surface area (Å²) >= 11 is 1.90. The fourth-order valence-electron chi connectivity index (χ4n) is 15.3. The van der Waals surface area contributed by atoms with Gasteiger partial charge in [-0.25, -0.2) is 0 Å². The molecule has 318 valence electrons. The van der Waals surface area contributed by atoms with Crippen molar-refractivity contribution in [1.29, 1.82) is 0 Å². The van der Waals surface area contributed by atoms with Gasteiger partial charge in [0.25, 0.3) is 0 Å². The summed E-state index contributed by atoms with van der Waals surface area (Å²) in [5.74, 6) is 5.82. The van der Waals surface area contributed by atoms with Crippen molar-refractivity contribution in [2.75, 3.05) is 4.90 Å². The second-order valence-electron chi connectivity index (χ2n) is 20.2. The average molecular weight is 874 g/mol. The van der Waals surface area contributed by atoms with Crippen LogP contribution in [0.2, 0.25) is 0 Å². The van der Waals surface area contributed by atoms with E-state index in [4.69, 9.17) is 6.42 Å². The van der Waals surface area contributed by atoms with Crippen molar-refractivity contribution in [3.63, 3.8) is 0 Å². The molecule has 10 aromatic rings. The van der Waals surface area contributed by atoms with Gasteiger partial charge in [0.15, 0.2) is 0 Å². The third kappa shape index (κ3) is 4.95. The quantitative estimate of drug-likeness (QED) is 0.159. The predicted octanol–water partition coefficient (Wildman–Crippen LogP) is 16.7.